The van der Waals surface area contributed by atoms with Crippen molar-refractivity contribution >= 4 is 55.9 Å². The van der Waals surface area contributed by atoms with E-state index in [-0.39, 0.29) is 6.03 Å². The molecular weight excluding hydrogens is 404 g/mol. The summed E-state index contributed by atoms with van der Waals surface area (Å²) in [6.45, 7) is 0. The molecule has 1 aromatic heterocycles. The average Bonchev–Trinajstić information content (AvgIpc) is 3.02. The molecule has 6 nitrogen and oxygen atoms in total. The third-order valence-electron chi connectivity index (χ3n) is 2.66. The molecule has 2 N–H and O–H groups in total. The van der Waals surface area contributed by atoms with Crippen LogP contribution in [0, 0.1) is 0 Å². The summed E-state index contributed by atoms with van der Waals surface area (Å²) in [4.78, 5) is 28.6. The minimum Gasteiger partial charge on any atom is -0.308 e. The van der Waals surface area contributed by atoms with E-state index in [1.807, 2.05) is 48.5 Å². The molecule has 0 bridgehead atoms. The highest BCUT2D eigenvalue weighted by molar-refractivity contribution is 9.11. The topological polar surface area (TPSA) is 83.5 Å². The second kappa shape index (κ2) is 10.1. The van der Waals surface area contributed by atoms with E-state index in [9.17, 15) is 9.59 Å². The first-order valence-corrected chi connectivity index (χ1v) is 8.65. The Balaban J connectivity index is 0.000000212. The van der Waals surface area contributed by atoms with Crippen LogP contribution in [0.2, 0.25) is 0 Å². The van der Waals surface area contributed by atoms with Gasteiger partial charge in [0.1, 0.15) is 0 Å². The molecule has 3 rings (SSSR count). The molecule has 0 aliphatic carbocycles. The van der Waals surface area contributed by atoms with Gasteiger partial charge < -0.3 is 5.32 Å². The lowest BCUT2D eigenvalue weighted by Crippen LogP contribution is -2.19. The lowest BCUT2D eigenvalue weighted by Gasteiger charge is -2.04. The summed E-state index contributed by atoms with van der Waals surface area (Å²) in [5, 5.41) is 5.90. The molecule has 0 saturated carbocycles. The van der Waals surface area contributed by atoms with Crippen LogP contribution in [-0.2, 0) is 4.79 Å². The van der Waals surface area contributed by atoms with Crippen molar-refractivity contribution in [2.24, 2.45) is 4.99 Å². The highest BCUT2D eigenvalue weighted by Crippen LogP contribution is 2.23. The second-order valence-electron chi connectivity index (χ2n) is 4.45. The molecule has 3 aromatic rings. The van der Waals surface area contributed by atoms with E-state index in [1.54, 1.807) is 18.3 Å². The van der Waals surface area contributed by atoms with Crippen LogP contribution in [0.4, 0.5) is 21.3 Å². The number of benzene rings is 2. The molecule has 0 atom stereocenters. The number of aromatic nitrogens is 1. The Labute approximate surface area is 156 Å². The molecule has 8 heteroatoms. The van der Waals surface area contributed by atoms with Gasteiger partial charge in [0, 0.05) is 5.69 Å². The first kappa shape index (κ1) is 18.5. The number of rotatable bonds is 3. The van der Waals surface area contributed by atoms with Crippen LogP contribution in [0.25, 0.3) is 0 Å². The third kappa shape index (κ3) is 7.09. The van der Waals surface area contributed by atoms with E-state index >= 15 is 0 Å². The van der Waals surface area contributed by atoms with Gasteiger partial charge in [-0.2, -0.15) is 4.99 Å². The summed E-state index contributed by atoms with van der Waals surface area (Å²) >= 11 is 4.63. The molecule has 1 heterocycles. The molecule has 2 aromatic carbocycles. The highest BCUT2D eigenvalue weighted by Gasteiger charge is 2.05. The summed E-state index contributed by atoms with van der Waals surface area (Å²) < 4.78 is 0.877. The molecule has 0 unspecified atom stereocenters. The minimum absolute atomic E-state index is 0.298. The van der Waals surface area contributed by atoms with Gasteiger partial charge in [0.25, 0.3) is 0 Å². The molecule has 0 fully saturated rings. The number of nitrogens with one attached hydrogen (secondary N) is 2. The van der Waals surface area contributed by atoms with Crippen molar-refractivity contribution in [2.45, 2.75) is 0 Å². The van der Waals surface area contributed by atoms with E-state index < -0.39 is 0 Å². The fourth-order valence-corrected chi connectivity index (χ4v) is 2.75. The lowest BCUT2D eigenvalue weighted by atomic mass is 10.3. The zero-order valence-corrected chi connectivity index (χ0v) is 15.3. The number of carbonyl (C=O) groups is 1. The van der Waals surface area contributed by atoms with Gasteiger partial charge in [-0.3, -0.25) is 5.32 Å². The Morgan fingerprint density at radius 2 is 1.68 bits per heavy atom. The number of urea groups is 1. The van der Waals surface area contributed by atoms with Crippen LogP contribution in [0.3, 0.4) is 0 Å². The molecule has 0 aliphatic rings. The van der Waals surface area contributed by atoms with E-state index in [0.717, 1.165) is 9.47 Å². The number of hydrogen-bond acceptors (Lipinski definition) is 5. The Morgan fingerprint density at radius 3 is 2.24 bits per heavy atom. The van der Waals surface area contributed by atoms with Crippen LogP contribution >= 0.6 is 27.3 Å². The largest absolute Gasteiger partial charge is 0.325 e. The zero-order chi connectivity index (χ0) is 17.9. The van der Waals surface area contributed by atoms with Crippen LogP contribution in [0.15, 0.2) is 75.6 Å². The van der Waals surface area contributed by atoms with Crippen molar-refractivity contribution in [3.8, 4) is 0 Å². The molecule has 25 heavy (non-hydrogen) atoms. The second-order valence-corrected chi connectivity index (χ2v) is 6.86. The first-order chi connectivity index (χ1) is 12.2. The molecular formula is C17H13BrN4O2S. The Morgan fingerprint density at radius 1 is 1.04 bits per heavy atom. The van der Waals surface area contributed by atoms with Crippen LogP contribution in [0.5, 0.6) is 0 Å². The summed E-state index contributed by atoms with van der Waals surface area (Å²) in [6, 6.07) is 17.9. The number of amides is 2. The minimum atomic E-state index is -0.298. The fourth-order valence-electron chi connectivity index (χ4n) is 1.65. The Kier molecular flexibility index (Phi) is 7.52. The number of thiazole rings is 1. The number of aliphatic imine (C=N–C) groups is 1. The van der Waals surface area contributed by atoms with Crippen LogP contribution < -0.4 is 10.6 Å². The quantitative estimate of drug-likeness (QED) is 0.454. The number of carbonyl (C=O) groups excluding carboxylic acids is 2. The standard InChI is InChI=1S/C10H8BrN3OS.C7H5NO/c11-8-6-12-10(16-8)14-9(15)13-7-4-2-1-3-5-7;9-6-8-7-4-2-1-3-5-7/h1-6H,(H2,12,13,14,15);1-5H. The number of halogens is 1. The van der Waals surface area contributed by atoms with Crippen molar-refractivity contribution in [1.82, 2.24) is 4.98 Å². The summed E-state index contributed by atoms with van der Waals surface area (Å²) in [7, 11) is 0. The zero-order valence-electron chi connectivity index (χ0n) is 12.8. The van der Waals surface area contributed by atoms with Crippen molar-refractivity contribution in [3.05, 3.63) is 70.6 Å². The number of isocyanates is 1. The van der Waals surface area contributed by atoms with Crippen molar-refractivity contribution in [2.75, 3.05) is 10.6 Å². The van der Waals surface area contributed by atoms with Crippen molar-refractivity contribution in [1.29, 1.82) is 0 Å². The highest BCUT2D eigenvalue weighted by atomic mass is 79.9. The number of para-hydroxylation sites is 2. The average molecular weight is 417 g/mol. The summed E-state index contributed by atoms with van der Waals surface area (Å²) in [5.74, 6) is 0. The van der Waals surface area contributed by atoms with E-state index in [0.29, 0.717) is 10.8 Å². The van der Waals surface area contributed by atoms with Crippen LogP contribution in [-0.4, -0.2) is 17.1 Å². The Hall–Kier alpha value is -2.80. The number of nitrogens with zero attached hydrogens (tertiary/aromatic N) is 2. The van der Waals surface area contributed by atoms with Gasteiger partial charge in [-0.1, -0.05) is 47.7 Å². The van der Waals surface area contributed by atoms with Gasteiger partial charge in [0.2, 0.25) is 6.08 Å². The fraction of sp³-hybridized carbons (Fsp3) is 0. The SMILES string of the molecule is O=C(Nc1ccccc1)Nc1ncc(Br)s1.O=C=Nc1ccccc1. The van der Waals surface area contributed by atoms with Crippen LogP contribution in [0.1, 0.15) is 0 Å². The molecule has 0 spiro atoms. The lowest BCUT2D eigenvalue weighted by molar-refractivity contribution is 0.262. The van der Waals surface area contributed by atoms with Gasteiger partial charge in [-0.15, -0.1) is 0 Å². The maximum Gasteiger partial charge on any atom is 0.325 e. The van der Waals surface area contributed by atoms with Gasteiger partial charge >= 0.3 is 6.03 Å². The molecule has 126 valence electrons. The number of hydrogen-bond donors (Lipinski definition) is 2. The number of anilines is 2. The van der Waals surface area contributed by atoms with E-state index in [1.165, 1.54) is 17.4 Å². The van der Waals surface area contributed by atoms with E-state index in [2.05, 4.69) is 36.5 Å². The molecule has 0 radical (unpaired) electrons. The maximum absolute atomic E-state index is 11.5. The Bertz CT molecular complexity index is 849. The first-order valence-electron chi connectivity index (χ1n) is 7.04. The molecule has 0 saturated heterocycles. The third-order valence-corrected chi connectivity index (χ3v) is 4.05. The van der Waals surface area contributed by atoms with Gasteiger partial charge in [0.15, 0.2) is 5.13 Å². The monoisotopic (exact) mass is 416 g/mol. The predicted molar refractivity (Wildman–Crippen MR) is 103 cm³/mol. The summed E-state index contributed by atoms with van der Waals surface area (Å²) in [5.41, 5.74) is 1.39. The van der Waals surface area contributed by atoms with Gasteiger partial charge in [-0.25, -0.2) is 14.6 Å². The van der Waals surface area contributed by atoms with E-state index in [4.69, 9.17) is 0 Å². The molecule has 2 amide bonds. The molecule has 0 aliphatic heterocycles. The van der Waals surface area contributed by atoms with Crippen molar-refractivity contribution < 1.29 is 9.59 Å². The van der Waals surface area contributed by atoms with Crippen molar-refractivity contribution in [3.63, 3.8) is 0 Å². The van der Waals surface area contributed by atoms with Gasteiger partial charge in [-0.05, 0) is 40.2 Å². The normalized spacial score (nSPS) is 9.16. The maximum atomic E-state index is 11.5. The smallest absolute Gasteiger partial charge is 0.308 e. The predicted octanol–water partition coefficient (Wildman–Crippen LogP) is 5.20. The summed E-state index contributed by atoms with van der Waals surface area (Å²) in [6.07, 6.45) is 3.10. The van der Waals surface area contributed by atoms with Gasteiger partial charge in [0.05, 0.1) is 15.7 Å².